The van der Waals surface area contributed by atoms with Gasteiger partial charge in [-0.05, 0) is 99.7 Å². The van der Waals surface area contributed by atoms with Gasteiger partial charge in [0.1, 0.15) is 0 Å². The Balaban J connectivity index is 0.000000116. The summed E-state index contributed by atoms with van der Waals surface area (Å²) in [5, 5.41) is 0. The molecule has 10 fully saturated rings. The third-order valence-corrected chi connectivity index (χ3v) is 11.9. The van der Waals surface area contributed by atoms with Crippen LogP contribution in [0.1, 0.15) is 71.1 Å². The Bertz CT molecular complexity index is 1060. The third-order valence-electron chi connectivity index (χ3n) is 11.9. The Labute approximate surface area is 291 Å². The molecule has 48 heavy (non-hydrogen) atoms. The van der Waals surface area contributed by atoms with Gasteiger partial charge in [-0.1, -0.05) is 43.4 Å². The first kappa shape index (κ1) is 37.5. The molecule has 0 aromatic rings. The summed E-state index contributed by atoms with van der Waals surface area (Å²) in [6.45, 7) is 28.9. The molecule has 2 bridgehead atoms. The number of hydrogen-bond acceptors (Lipinski definition) is 6. The van der Waals surface area contributed by atoms with Crippen LogP contribution in [0.3, 0.4) is 0 Å². The fourth-order valence-corrected chi connectivity index (χ4v) is 8.23. The first-order valence-electron chi connectivity index (χ1n) is 18.9. The highest BCUT2D eigenvalue weighted by molar-refractivity contribution is 5.16. The summed E-state index contributed by atoms with van der Waals surface area (Å²) in [7, 11) is 0. The fourth-order valence-electron chi connectivity index (χ4n) is 8.23. The molecule has 4 aliphatic carbocycles. The third kappa shape index (κ3) is 10.8. The molecule has 0 spiro atoms. The van der Waals surface area contributed by atoms with E-state index in [1.807, 2.05) is 18.2 Å². The number of rotatable bonds is 10. The maximum Gasteiger partial charge on any atom is 0.0988 e. The summed E-state index contributed by atoms with van der Waals surface area (Å²) in [4.78, 5) is 0. The minimum Gasteiger partial charge on any atom is -0.379 e. The zero-order valence-electron chi connectivity index (χ0n) is 29.8. The molecule has 268 valence electrons. The van der Waals surface area contributed by atoms with Crippen molar-refractivity contribution in [2.45, 2.75) is 114 Å². The first-order chi connectivity index (χ1) is 23.4. The summed E-state index contributed by atoms with van der Waals surface area (Å²) < 4.78 is 30.7. The van der Waals surface area contributed by atoms with Crippen LogP contribution in [0.4, 0.5) is 0 Å². The Morgan fingerprint density at radius 2 is 1.46 bits per heavy atom. The van der Waals surface area contributed by atoms with Crippen LogP contribution >= 0.6 is 0 Å². The fraction of sp³-hybridized carbons (Fsp3) is 0.714. The maximum absolute atomic E-state index is 5.68. The minimum absolute atomic E-state index is 0.347. The predicted molar refractivity (Wildman–Crippen MR) is 194 cm³/mol. The molecule has 4 saturated carbocycles. The molecule has 10 aliphatic rings. The van der Waals surface area contributed by atoms with Gasteiger partial charge in [0.2, 0.25) is 0 Å². The van der Waals surface area contributed by atoms with Gasteiger partial charge in [-0.25, -0.2) is 0 Å². The van der Waals surface area contributed by atoms with Gasteiger partial charge in [-0.3, -0.25) is 0 Å². The Morgan fingerprint density at radius 1 is 0.708 bits per heavy atom. The van der Waals surface area contributed by atoms with Gasteiger partial charge in [0.15, 0.2) is 0 Å². The summed E-state index contributed by atoms with van der Waals surface area (Å²) in [6.07, 6.45) is 28.6. The van der Waals surface area contributed by atoms with Crippen LogP contribution in [0.2, 0.25) is 0 Å². The van der Waals surface area contributed by atoms with Crippen molar-refractivity contribution in [1.29, 1.82) is 0 Å². The lowest BCUT2D eigenvalue weighted by Gasteiger charge is -2.37. The molecule has 6 heterocycles. The molecule has 0 amide bonds. The van der Waals surface area contributed by atoms with Crippen molar-refractivity contribution in [3.05, 3.63) is 75.9 Å². The van der Waals surface area contributed by atoms with E-state index in [-0.39, 0.29) is 0 Å². The van der Waals surface area contributed by atoms with Crippen LogP contribution in [0, 0.1) is 40.9 Å². The second kappa shape index (κ2) is 17.9. The first-order valence-corrected chi connectivity index (χ1v) is 18.9. The second-order valence-corrected chi connectivity index (χ2v) is 15.3. The van der Waals surface area contributed by atoms with E-state index in [0.29, 0.717) is 48.1 Å². The molecule has 0 N–H and O–H groups in total. The van der Waals surface area contributed by atoms with Gasteiger partial charge in [-0.15, -0.1) is 39.5 Å². The van der Waals surface area contributed by atoms with Crippen molar-refractivity contribution in [2.24, 2.45) is 40.9 Å². The second-order valence-electron chi connectivity index (χ2n) is 15.3. The molecular weight excluding hydrogens is 600 g/mol. The molecule has 10 rings (SSSR count). The zero-order chi connectivity index (χ0) is 34.1. The van der Waals surface area contributed by atoms with Crippen molar-refractivity contribution >= 4 is 0 Å². The van der Waals surface area contributed by atoms with E-state index in [1.165, 1.54) is 44.9 Å². The summed E-state index contributed by atoms with van der Waals surface area (Å²) >= 11 is 0. The number of epoxide rings is 5. The van der Waals surface area contributed by atoms with Crippen molar-refractivity contribution in [2.75, 3.05) is 33.0 Å². The smallest absolute Gasteiger partial charge is 0.0988 e. The van der Waals surface area contributed by atoms with Crippen LogP contribution in [0.25, 0.3) is 0 Å². The lowest BCUT2D eigenvalue weighted by Crippen LogP contribution is -2.39. The van der Waals surface area contributed by atoms with Gasteiger partial charge in [0.25, 0.3) is 0 Å². The van der Waals surface area contributed by atoms with Crippen LogP contribution in [-0.2, 0) is 28.4 Å². The van der Waals surface area contributed by atoms with Gasteiger partial charge < -0.3 is 28.4 Å². The van der Waals surface area contributed by atoms with E-state index in [1.54, 1.807) is 6.08 Å². The van der Waals surface area contributed by atoms with Gasteiger partial charge in [0.05, 0.1) is 75.8 Å². The van der Waals surface area contributed by atoms with Crippen molar-refractivity contribution in [3.8, 4) is 0 Å². The highest BCUT2D eigenvalue weighted by Gasteiger charge is 2.65. The highest BCUT2D eigenvalue weighted by Crippen LogP contribution is 2.66. The van der Waals surface area contributed by atoms with Gasteiger partial charge >= 0.3 is 0 Å². The van der Waals surface area contributed by atoms with Crippen molar-refractivity contribution in [1.82, 2.24) is 0 Å². The standard InChI is InChI=1S/C12H16O.C8H12O.C7H12O.C6H10O.C5H8O.C4H6O/c1-2-6-3-7-4-8(6)11-9(7)5-10-12(11)13-10;1-2-6-3-4-7-8(5-6)9-7;1-3-7(4-2)5-8-6-7;1-2-3-4-6-5-7-6;1-2-3-5-4-6-5;1-2-4-3-5-4/h2,6-12H,1,3-5H2;2,6-8H,1,3-5H2;3H,1,4-6H2,2H3;2,6H,1,3-5H2;2,5H,1,3-4H2;2,4H,1,3H2. The molecular formula is C42H64O6. The summed E-state index contributed by atoms with van der Waals surface area (Å²) in [5.74, 6) is 5.54. The SMILES string of the molecule is C=CC1(CC)COC1.C=CC1CC2CC1C1C2CC2OC21.C=CC1CCC2OC2C1.C=CC1CO1.C=CCC1CO1.C=CCCC1CO1. The van der Waals surface area contributed by atoms with Gasteiger partial charge in [0, 0.05) is 5.41 Å². The Kier molecular flexibility index (Phi) is 14.0. The number of allylic oxidation sites excluding steroid dienone is 3. The lowest BCUT2D eigenvalue weighted by molar-refractivity contribution is -0.0835. The normalized spacial score (nSPS) is 42.1. The Morgan fingerprint density at radius 3 is 1.90 bits per heavy atom. The summed E-state index contributed by atoms with van der Waals surface area (Å²) in [5.41, 5.74) is 0.347. The number of hydrogen-bond donors (Lipinski definition) is 0. The zero-order valence-corrected chi connectivity index (χ0v) is 29.8. The molecule has 6 nitrogen and oxygen atoms in total. The maximum atomic E-state index is 5.68. The molecule has 13 atom stereocenters. The van der Waals surface area contributed by atoms with Crippen LogP contribution in [0.15, 0.2) is 75.9 Å². The predicted octanol–water partition coefficient (Wildman–Crippen LogP) is 8.45. The average Bonchev–Trinajstić information content (AvgIpc) is 3.85. The van der Waals surface area contributed by atoms with Crippen LogP contribution in [0.5, 0.6) is 0 Å². The quantitative estimate of drug-likeness (QED) is 0.172. The molecule has 0 radical (unpaired) electrons. The monoisotopic (exact) mass is 664 g/mol. The van der Waals surface area contributed by atoms with E-state index in [9.17, 15) is 0 Å². The minimum atomic E-state index is 0.347. The summed E-state index contributed by atoms with van der Waals surface area (Å²) in [6, 6.07) is 0. The molecule has 6 aliphatic heterocycles. The molecule has 6 heteroatoms. The van der Waals surface area contributed by atoms with E-state index in [2.05, 4.69) is 58.5 Å². The molecule has 13 unspecified atom stereocenters. The van der Waals surface area contributed by atoms with E-state index < -0.39 is 0 Å². The van der Waals surface area contributed by atoms with E-state index >= 15 is 0 Å². The molecule has 0 aromatic carbocycles. The molecule has 6 saturated heterocycles. The van der Waals surface area contributed by atoms with E-state index in [0.717, 1.165) is 87.8 Å². The number of fused-ring (bicyclic) bond motifs is 8. The number of ether oxygens (including phenoxy) is 6. The van der Waals surface area contributed by atoms with E-state index in [4.69, 9.17) is 28.4 Å². The highest BCUT2D eigenvalue weighted by atomic mass is 16.6. The lowest BCUT2D eigenvalue weighted by atomic mass is 9.75. The largest absolute Gasteiger partial charge is 0.379 e. The van der Waals surface area contributed by atoms with Gasteiger partial charge in [-0.2, -0.15) is 0 Å². The van der Waals surface area contributed by atoms with Crippen molar-refractivity contribution in [3.63, 3.8) is 0 Å². The topological polar surface area (TPSA) is 71.9 Å². The van der Waals surface area contributed by atoms with Crippen molar-refractivity contribution < 1.29 is 28.4 Å². The van der Waals surface area contributed by atoms with Crippen LogP contribution < -0.4 is 0 Å². The van der Waals surface area contributed by atoms with Crippen LogP contribution in [-0.4, -0.2) is 75.8 Å². The molecule has 0 aromatic heterocycles. The Hall–Kier alpha value is -1.80. The average molecular weight is 665 g/mol.